The second-order valence-corrected chi connectivity index (χ2v) is 12.5. The minimum absolute atomic E-state index is 0.122. The molecule has 0 aliphatic rings. The van der Waals surface area contributed by atoms with E-state index < -0.39 is 0 Å². The Morgan fingerprint density at radius 1 is 0.500 bits per heavy atom. The van der Waals surface area contributed by atoms with Crippen molar-refractivity contribution in [1.82, 2.24) is 9.97 Å². The highest BCUT2D eigenvalue weighted by Gasteiger charge is 2.33. The number of rotatable bonds is 6. The third-order valence-electron chi connectivity index (χ3n) is 8.65. The zero-order valence-corrected chi connectivity index (χ0v) is 27.2. The molecule has 0 unspecified atom stereocenters. The molecule has 0 spiro atoms. The average Bonchev–Trinajstić information content (AvgIpc) is 3.61. The molecular formula is C39H39BN2O2. The summed E-state index contributed by atoms with van der Waals surface area (Å²) < 4.78 is 13.0. The van der Waals surface area contributed by atoms with Crippen LogP contribution in [0.25, 0.3) is 34.1 Å². The van der Waals surface area contributed by atoms with Crippen molar-refractivity contribution in [3.8, 4) is 34.1 Å². The lowest BCUT2D eigenvalue weighted by Crippen LogP contribution is -2.56. The van der Waals surface area contributed by atoms with Gasteiger partial charge in [-0.1, -0.05) is 98.4 Å². The van der Waals surface area contributed by atoms with Gasteiger partial charge in [0.2, 0.25) is 5.89 Å². The molecule has 0 fully saturated rings. The highest BCUT2D eigenvalue weighted by molar-refractivity contribution is 6.95. The van der Waals surface area contributed by atoms with E-state index in [4.69, 9.17) is 13.8 Å². The molecule has 0 N–H and O–H groups in total. The monoisotopic (exact) mass is 578 g/mol. The molecule has 5 heteroatoms. The predicted molar refractivity (Wildman–Crippen MR) is 183 cm³/mol. The smallest absolute Gasteiger partial charge is 0.314 e. The summed E-state index contributed by atoms with van der Waals surface area (Å²) in [6.07, 6.45) is 3.67. The van der Waals surface area contributed by atoms with Gasteiger partial charge in [0.25, 0.3) is 0 Å². The Bertz CT molecular complexity index is 1900. The Kier molecular flexibility index (Phi) is 7.67. The van der Waals surface area contributed by atoms with E-state index in [0.717, 1.165) is 22.5 Å². The van der Waals surface area contributed by atoms with Crippen molar-refractivity contribution in [2.75, 3.05) is 0 Å². The van der Waals surface area contributed by atoms with Gasteiger partial charge in [0, 0.05) is 16.7 Å². The van der Waals surface area contributed by atoms with Crippen molar-refractivity contribution < 1.29 is 8.83 Å². The third kappa shape index (κ3) is 5.43. The molecule has 0 atom stereocenters. The third-order valence-corrected chi connectivity index (χ3v) is 8.65. The molecule has 6 aromatic rings. The summed E-state index contributed by atoms with van der Waals surface area (Å²) >= 11 is 0. The second kappa shape index (κ2) is 11.5. The fraction of sp³-hybridized carbons (Fsp3) is 0.231. The maximum absolute atomic E-state index is 6.67. The van der Waals surface area contributed by atoms with E-state index in [-0.39, 0.29) is 6.71 Å². The molecule has 0 aliphatic carbocycles. The van der Waals surface area contributed by atoms with E-state index >= 15 is 0 Å². The summed E-state index contributed by atoms with van der Waals surface area (Å²) in [5.74, 6) is 2.77. The number of hydrogen-bond acceptors (Lipinski definition) is 4. The SMILES string of the molecule is Cc1cc(C)c(B(c2ncc(-c3cccc(-c4ncc(-c5c(C)cc(C)cc5C)o4)c3)o2)c2c(C)cc(C)cc2C)c(C)c1. The topological polar surface area (TPSA) is 52.1 Å². The van der Waals surface area contributed by atoms with Crippen molar-refractivity contribution in [2.45, 2.75) is 62.3 Å². The fourth-order valence-corrected chi connectivity index (χ4v) is 7.14. The molecule has 0 amide bonds. The van der Waals surface area contributed by atoms with Crippen LogP contribution in [0.3, 0.4) is 0 Å². The lowest BCUT2D eigenvalue weighted by molar-refractivity contribution is 0.588. The Morgan fingerprint density at radius 3 is 1.52 bits per heavy atom. The molecule has 4 aromatic carbocycles. The van der Waals surface area contributed by atoms with Gasteiger partial charge in [-0.25, -0.2) is 9.97 Å². The standard InChI is InChI=1S/C39H39BN2O2/c1-22-13-25(4)35(26(5)14-22)34-21-41-38(43-34)32-12-10-11-31(19-32)33-20-42-39(44-33)40(36-27(6)15-23(2)16-28(36)7)37-29(8)17-24(3)18-30(37)9/h10-21H,1-9H3. The number of benzene rings is 4. The Morgan fingerprint density at radius 2 is 0.977 bits per heavy atom. The quantitative estimate of drug-likeness (QED) is 0.188. The van der Waals surface area contributed by atoms with Crippen LogP contribution in [0.4, 0.5) is 0 Å². The van der Waals surface area contributed by atoms with Crippen LogP contribution in [0.1, 0.15) is 50.1 Å². The minimum Gasteiger partial charge on any atom is -0.450 e. The van der Waals surface area contributed by atoms with E-state index in [0.29, 0.717) is 17.4 Å². The van der Waals surface area contributed by atoms with Crippen LogP contribution in [0.2, 0.25) is 0 Å². The maximum Gasteiger partial charge on any atom is 0.314 e. The summed E-state index contributed by atoms with van der Waals surface area (Å²) in [7, 11) is 0. The van der Waals surface area contributed by atoms with E-state index in [1.807, 2.05) is 30.6 Å². The van der Waals surface area contributed by atoms with E-state index in [1.165, 1.54) is 61.0 Å². The summed E-state index contributed by atoms with van der Waals surface area (Å²) in [5.41, 5.74) is 16.5. The van der Waals surface area contributed by atoms with Crippen LogP contribution in [-0.2, 0) is 0 Å². The van der Waals surface area contributed by atoms with Gasteiger partial charge in [-0.15, -0.1) is 0 Å². The summed E-state index contributed by atoms with van der Waals surface area (Å²) in [6, 6.07) is 21.5. The molecule has 0 bridgehead atoms. The molecule has 0 radical (unpaired) electrons. The van der Waals surface area contributed by atoms with Gasteiger partial charge in [0.15, 0.2) is 17.3 Å². The number of aryl methyl sites for hydroxylation is 9. The Hall–Kier alpha value is -4.64. The molecule has 0 saturated heterocycles. The predicted octanol–water partition coefficient (Wildman–Crippen LogP) is 7.96. The molecule has 44 heavy (non-hydrogen) atoms. The first-order valence-corrected chi connectivity index (χ1v) is 15.3. The highest BCUT2D eigenvalue weighted by atomic mass is 16.4. The molecule has 220 valence electrons. The number of aromatic nitrogens is 2. The first-order valence-electron chi connectivity index (χ1n) is 15.3. The number of nitrogens with zero attached hydrogens (tertiary/aromatic N) is 2. The first-order chi connectivity index (χ1) is 21.0. The molecule has 6 rings (SSSR count). The normalized spacial score (nSPS) is 11.3. The van der Waals surface area contributed by atoms with Crippen molar-refractivity contribution in [3.63, 3.8) is 0 Å². The van der Waals surface area contributed by atoms with E-state index in [1.54, 1.807) is 0 Å². The Labute approximate surface area is 261 Å². The lowest BCUT2D eigenvalue weighted by Gasteiger charge is -2.21. The molecular weight excluding hydrogens is 539 g/mol. The number of oxazole rings is 2. The lowest BCUT2D eigenvalue weighted by atomic mass is 9.37. The first kappa shape index (κ1) is 29.4. The van der Waals surface area contributed by atoms with Gasteiger partial charge >= 0.3 is 6.71 Å². The highest BCUT2D eigenvalue weighted by Crippen LogP contribution is 2.33. The minimum atomic E-state index is -0.122. The second-order valence-electron chi connectivity index (χ2n) is 12.5. The van der Waals surface area contributed by atoms with Gasteiger partial charge < -0.3 is 8.83 Å². The molecule has 0 saturated carbocycles. The van der Waals surface area contributed by atoms with Crippen LogP contribution < -0.4 is 16.7 Å². The molecule has 4 nitrogen and oxygen atoms in total. The zero-order chi connectivity index (χ0) is 31.3. The Balaban J connectivity index is 1.41. The van der Waals surface area contributed by atoms with Crippen molar-refractivity contribution in [3.05, 3.63) is 123 Å². The van der Waals surface area contributed by atoms with Gasteiger partial charge in [-0.2, -0.15) is 0 Å². The van der Waals surface area contributed by atoms with Crippen molar-refractivity contribution in [1.29, 1.82) is 0 Å². The van der Waals surface area contributed by atoms with Crippen LogP contribution in [-0.4, -0.2) is 16.7 Å². The number of hydrogen-bond donors (Lipinski definition) is 0. The zero-order valence-electron chi connectivity index (χ0n) is 27.2. The molecule has 2 aromatic heterocycles. The largest absolute Gasteiger partial charge is 0.450 e. The maximum atomic E-state index is 6.67. The average molecular weight is 579 g/mol. The van der Waals surface area contributed by atoms with Gasteiger partial charge in [0.05, 0.1) is 12.4 Å². The van der Waals surface area contributed by atoms with Gasteiger partial charge in [-0.05, 0) is 85.6 Å². The van der Waals surface area contributed by atoms with Crippen LogP contribution in [0, 0.1) is 62.3 Å². The molecule has 2 heterocycles. The van der Waals surface area contributed by atoms with Crippen LogP contribution in [0.5, 0.6) is 0 Å². The summed E-state index contributed by atoms with van der Waals surface area (Å²) in [4.78, 5) is 9.58. The fourth-order valence-electron chi connectivity index (χ4n) is 7.14. The van der Waals surface area contributed by atoms with Crippen molar-refractivity contribution >= 4 is 23.4 Å². The van der Waals surface area contributed by atoms with E-state index in [9.17, 15) is 0 Å². The van der Waals surface area contributed by atoms with Crippen LogP contribution in [0.15, 0.2) is 81.9 Å². The van der Waals surface area contributed by atoms with Gasteiger partial charge in [0.1, 0.15) is 0 Å². The van der Waals surface area contributed by atoms with Crippen molar-refractivity contribution in [2.24, 2.45) is 0 Å². The molecule has 0 aliphatic heterocycles. The van der Waals surface area contributed by atoms with Crippen LogP contribution >= 0.6 is 0 Å². The van der Waals surface area contributed by atoms with Gasteiger partial charge in [-0.3, -0.25) is 0 Å². The summed E-state index contributed by atoms with van der Waals surface area (Å²) in [5, 5.41) is 0. The summed E-state index contributed by atoms with van der Waals surface area (Å²) in [6.45, 7) is 19.3. The van der Waals surface area contributed by atoms with E-state index in [2.05, 4.69) is 110 Å².